The molecule has 1 amide bonds. The third-order valence-corrected chi connectivity index (χ3v) is 4.81. The SMILES string of the molecule is C[C@H](OC(=O)c1cc([N+](=O)[O-])ccc1N)C(=O)N1CCN(c2ccccc2)CC1. The van der Waals surface area contributed by atoms with Crippen LogP contribution in [0.2, 0.25) is 0 Å². The largest absolute Gasteiger partial charge is 0.449 e. The van der Waals surface area contributed by atoms with Crippen LogP contribution in [-0.4, -0.2) is 54.0 Å². The highest BCUT2D eigenvalue weighted by molar-refractivity contribution is 5.97. The van der Waals surface area contributed by atoms with E-state index in [1.54, 1.807) is 4.90 Å². The average molecular weight is 398 g/mol. The van der Waals surface area contributed by atoms with Gasteiger partial charge in [0.15, 0.2) is 6.10 Å². The number of nitro benzene ring substituents is 1. The number of hydrogen-bond acceptors (Lipinski definition) is 7. The Balaban J connectivity index is 1.59. The van der Waals surface area contributed by atoms with Crippen molar-refractivity contribution in [2.45, 2.75) is 13.0 Å². The minimum absolute atomic E-state index is 0.0525. The van der Waals surface area contributed by atoms with Crippen molar-refractivity contribution in [3.63, 3.8) is 0 Å². The third-order valence-electron chi connectivity index (χ3n) is 4.81. The van der Waals surface area contributed by atoms with E-state index in [1.165, 1.54) is 19.1 Å². The maximum Gasteiger partial charge on any atom is 0.341 e. The molecule has 1 aliphatic heterocycles. The van der Waals surface area contributed by atoms with Crippen molar-refractivity contribution in [1.82, 2.24) is 4.90 Å². The Labute approximate surface area is 167 Å². The maximum atomic E-state index is 12.7. The summed E-state index contributed by atoms with van der Waals surface area (Å²) < 4.78 is 5.23. The van der Waals surface area contributed by atoms with Crippen molar-refractivity contribution < 1.29 is 19.2 Å². The molecule has 29 heavy (non-hydrogen) atoms. The van der Waals surface area contributed by atoms with E-state index in [1.807, 2.05) is 30.3 Å². The van der Waals surface area contributed by atoms with Crippen LogP contribution in [0.5, 0.6) is 0 Å². The Bertz CT molecular complexity index is 910. The van der Waals surface area contributed by atoms with Gasteiger partial charge in [-0.15, -0.1) is 0 Å². The zero-order valence-corrected chi connectivity index (χ0v) is 16.0. The number of rotatable bonds is 5. The first-order valence-electron chi connectivity index (χ1n) is 9.20. The molecule has 1 atom stereocenters. The average Bonchev–Trinajstić information content (AvgIpc) is 2.74. The molecule has 0 bridgehead atoms. The van der Waals surface area contributed by atoms with E-state index in [9.17, 15) is 19.7 Å². The molecule has 0 aliphatic carbocycles. The molecule has 3 rings (SSSR count). The van der Waals surface area contributed by atoms with Gasteiger partial charge in [0.25, 0.3) is 11.6 Å². The second-order valence-corrected chi connectivity index (χ2v) is 6.72. The highest BCUT2D eigenvalue weighted by atomic mass is 16.6. The quantitative estimate of drug-likeness (QED) is 0.354. The van der Waals surface area contributed by atoms with Gasteiger partial charge >= 0.3 is 5.97 Å². The van der Waals surface area contributed by atoms with E-state index in [0.717, 1.165) is 11.8 Å². The van der Waals surface area contributed by atoms with Crippen LogP contribution in [0.3, 0.4) is 0 Å². The zero-order chi connectivity index (χ0) is 21.0. The van der Waals surface area contributed by atoms with Gasteiger partial charge in [-0.3, -0.25) is 14.9 Å². The van der Waals surface area contributed by atoms with Gasteiger partial charge in [-0.1, -0.05) is 18.2 Å². The Morgan fingerprint density at radius 1 is 1.10 bits per heavy atom. The zero-order valence-electron chi connectivity index (χ0n) is 16.0. The molecular weight excluding hydrogens is 376 g/mol. The first kappa shape index (κ1) is 20.1. The van der Waals surface area contributed by atoms with Crippen LogP contribution >= 0.6 is 0 Å². The van der Waals surface area contributed by atoms with Crippen molar-refractivity contribution >= 4 is 28.9 Å². The number of benzene rings is 2. The number of hydrogen-bond donors (Lipinski definition) is 1. The van der Waals surface area contributed by atoms with Gasteiger partial charge in [-0.2, -0.15) is 0 Å². The summed E-state index contributed by atoms with van der Waals surface area (Å²) >= 11 is 0. The number of non-ortho nitro benzene ring substituents is 1. The monoisotopic (exact) mass is 398 g/mol. The Hall–Kier alpha value is -3.62. The second kappa shape index (κ2) is 8.59. The second-order valence-electron chi connectivity index (χ2n) is 6.72. The molecule has 9 heteroatoms. The first-order valence-corrected chi connectivity index (χ1v) is 9.20. The van der Waals surface area contributed by atoms with Crippen molar-refractivity contribution in [2.24, 2.45) is 0 Å². The first-order chi connectivity index (χ1) is 13.9. The van der Waals surface area contributed by atoms with E-state index in [0.29, 0.717) is 26.2 Å². The molecule has 1 saturated heterocycles. The number of nitrogens with zero attached hydrogens (tertiary/aromatic N) is 3. The number of nitrogen functional groups attached to an aromatic ring is 1. The lowest BCUT2D eigenvalue weighted by Crippen LogP contribution is -2.51. The number of esters is 1. The van der Waals surface area contributed by atoms with Crippen LogP contribution in [0.25, 0.3) is 0 Å². The molecule has 2 aromatic carbocycles. The number of nitrogens with two attached hydrogens (primary N) is 1. The van der Waals surface area contributed by atoms with E-state index >= 15 is 0 Å². The molecule has 0 aromatic heterocycles. The predicted molar refractivity (Wildman–Crippen MR) is 108 cm³/mol. The fraction of sp³-hybridized carbons (Fsp3) is 0.300. The summed E-state index contributed by atoms with van der Waals surface area (Å²) in [6.45, 7) is 3.85. The van der Waals surface area contributed by atoms with E-state index in [2.05, 4.69) is 4.90 Å². The highest BCUT2D eigenvalue weighted by Gasteiger charge is 2.28. The van der Waals surface area contributed by atoms with Crippen molar-refractivity contribution in [3.8, 4) is 0 Å². The lowest BCUT2D eigenvalue weighted by atomic mass is 10.1. The molecule has 1 fully saturated rings. The number of carbonyl (C=O) groups is 2. The number of piperazine rings is 1. The number of carbonyl (C=O) groups excluding carboxylic acids is 2. The molecule has 1 heterocycles. The van der Waals surface area contributed by atoms with Crippen LogP contribution < -0.4 is 10.6 Å². The van der Waals surface area contributed by atoms with Crippen molar-refractivity contribution in [3.05, 3.63) is 64.2 Å². The highest BCUT2D eigenvalue weighted by Crippen LogP contribution is 2.21. The summed E-state index contributed by atoms with van der Waals surface area (Å²) in [5, 5.41) is 10.9. The summed E-state index contributed by atoms with van der Waals surface area (Å²) in [5.74, 6) is -1.18. The standard InChI is InChI=1S/C20H22N4O5/c1-14(29-20(26)17-13-16(24(27)28)7-8-18(17)21)19(25)23-11-9-22(10-12-23)15-5-3-2-4-6-15/h2-8,13-14H,9-12,21H2,1H3/t14-/m0/s1. The Kier molecular flexibility index (Phi) is 5.96. The van der Waals surface area contributed by atoms with E-state index < -0.39 is 17.0 Å². The lowest BCUT2D eigenvalue weighted by Gasteiger charge is -2.37. The van der Waals surface area contributed by atoms with Gasteiger partial charge < -0.3 is 20.3 Å². The molecule has 2 N–H and O–H groups in total. The molecule has 0 saturated carbocycles. The summed E-state index contributed by atoms with van der Waals surface area (Å²) in [6.07, 6.45) is -1.02. The van der Waals surface area contributed by atoms with Crippen molar-refractivity contribution in [2.75, 3.05) is 36.8 Å². The fourth-order valence-electron chi connectivity index (χ4n) is 3.19. The third kappa shape index (κ3) is 4.63. The van der Waals surface area contributed by atoms with Gasteiger partial charge in [-0.05, 0) is 25.1 Å². The maximum absolute atomic E-state index is 12.7. The summed E-state index contributed by atoms with van der Waals surface area (Å²) in [6, 6.07) is 13.4. The number of ether oxygens (including phenoxy) is 1. The minimum Gasteiger partial charge on any atom is -0.449 e. The Morgan fingerprint density at radius 3 is 2.38 bits per heavy atom. The van der Waals surface area contributed by atoms with Crippen LogP contribution in [-0.2, 0) is 9.53 Å². The summed E-state index contributed by atoms with van der Waals surface area (Å²) in [7, 11) is 0. The smallest absolute Gasteiger partial charge is 0.341 e. The number of amides is 1. The molecule has 0 unspecified atom stereocenters. The van der Waals surface area contributed by atoms with E-state index in [4.69, 9.17) is 10.5 Å². The normalized spacial score (nSPS) is 14.9. The van der Waals surface area contributed by atoms with Gasteiger partial charge in [0, 0.05) is 49.7 Å². The Morgan fingerprint density at radius 2 is 1.76 bits per heavy atom. The number of anilines is 2. The molecular formula is C20H22N4O5. The minimum atomic E-state index is -1.02. The molecule has 0 spiro atoms. The molecule has 9 nitrogen and oxygen atoms in total. The fourth-order valence-corrected chi connectivity index (χ4v) is 3.19. The summed E-state index contributed by atoms with van der Waals surface area (Å²) in [5.41, 5.74) is 6.47. The molecule has 152 valence electrons. The number of para-hydroxylation sites is 1. The summed E-state index contributed by atoms with van der Waals surface area (Å²) in [4.78, 5) is 39.1. The van der Waals surface area contributed by atoms with Crippen LogP contribution in [0.15, 0.2) is 48.5 Å². The lowest BCUT2D eigenvalue weighted by molar-refractivity contribution is -0.384. The van der Waals surface area contributed by atoms with Gasteiger partial charge in [0.05, 0.1) is 10.5 Å². The van der Waals surface area contributed by atoms with Crippen LogP contribution in [0.1, 0.15) is 17.3 Å². The van der Waals surface area contributed by atoms with Crippen molar-refractivity contribution in [1.29, 1.82) is 0 Å². The molecule has 1 aliphatic rings. The van der Waals surface area contributed by atoms with Gasteiger partial charge in [-0.25, -0.2) is 4.79 Å². The molecule has 0 radical (unpaired) electrons. The van der Waals surface area contributed by atoms with Crippen LogP contribution in [0.4, 0.5) is 17.1 Å². The predicted octanol–water partition coefficient (Wildman–Crippen LogP) is 2.07. The van der Waals surface area contributed by atoms with Gasteiger partial charge in [0.2, 0.25) is 0 Å². The topological polar surface area (TPSA) is 119 Å². The molecule has 2 aromatic rings. The van der Waals surface area contributed by atoms with E-state index in [-0.39, 0.29) is 22.8 Å². The number of nitro groups is 1. The van der Waals surface area contributed by atoms with Gasteiger partial charge in [0.1, 0.15) is 0 Å². The van der Waals surface area contributed by atoms with Crippen LogP contribution in [0, 0.1) is 10.1 Å².